The van der Waals surface area contributed by atoms with E-state index in [0.29, 0.717) is 5.96 Å². The number of aliphatic hydroxyl groups excluding tert-OH is 10. The Bertz CT molecular complexity index is 1960. The van der Waals surface area contributed by atoms with Crippen LogP contribution in [-0.2, 0) is 28.6 Å². The Balaban J connectivity index is 2.45. The number of aliphatic hydroxyl groups is 11. The average molecular weight is 1140 g/mol. The number of nitrogens with one attached hydrogen (secondary N) is 1. The van der Waals surface area contributed by atoms with Gasteiger partial charge in [-0.3, -0.25) is 19.4 Å². The zero-order valence-electron chi connectivity index (χ0n) is 48.9. The van der Waals surface area contributed by atoms with Gasteiger partial charge in [0.15, 0.2) is 11.7 Å². The summed E-state index contributed by atoms with van der Waals surface area (Å²) in [6, 6.07) is 0. The van der Waals surface area contributed by atoms with E-state index >= 15 is 0 Å². The molecule has 0 amide bonds. The molecule has 462 valence electrons. The first-order valence-electron chi connectivity index (χ1n) is 29.0. The summed E-state index contributed by atoms with van der Waals surface area (Å²) in [4.78, 5) is 41.7. The molecule has 80 heavy (non-hydrogen) atoms. The first-order valence-corrected chi connectivity index (χ1v) is 29.0. The maximum absolute atomic E-state index is 13.9. The van der Waals surface area contributed by atoms with Crippen LogP contribution < -0.4 is 11.1 Å². The number of carboxylic acid groups (broad SMARTS) is 1. The van der Waals surface area contributed by atoms with E-state index in [1.807, 2.05) is 19.9 Å². The van der Waals surface area contributed by atoms with Crippen molar-refractivity contribution in [3.63, 3.8) is 0 Å². The highest BCUT2D eigenvalue weighted by molar-refractivity contribution is 5.90. The standard InChI is InChI=1S/C59H103N3O18/c1-34(18-14-12-10-11-13-17-25-62-58(60)61-9)26-38(5)55-37(4)19-15-16-20-45(64)39(6)49(68)29-43(78-54(74)32-53(72)73)27-42(63)28-44-30-51(70)56(75)59(77,80-44)33-52(71)36(3)22-23-46(65)40(7)50(69)31-48(67)35(2)21-24-47(66)41(8)57(76)79-55/h10-11,15-16,19-21,24,34-52,55-56,63-71,75,77H,12-14,17-18,22-23,25-33H2,1-9H3,(H,72,73)(H3,60,61,62)/b11-10+,19-15+,20-16+,24-21+. The highest BCUT2D eigenvalue weighted by Crippen LogP contribution is 2.36. The number of esters is 2. The van der Waals surface area contributed by atoms with Crippen molar-refractivity contribution < 1.29 is 89.9 Å². The van der Waals surface area contributed by atoms with Crippen LogP contribution in [-0.4, -0.2) is 184 Å². The van der Waals surface area contributed by atoms with Gasteiger partial charge >= 0.3 is 17.9 Å². The summed E-state index contributed by atoms with van der Waals surface area (Å²) >= 11 is 0. The van der Waals surface area contributed by atoms with Gasteiger partial charge in [-0.05, 0) is 76.0 Å². The molecule has 0 aromatic heterocycles. The summed E-state index contributed by atoms with van der Waals surface area (Å²) in [5.41, 5.74) is 5.68. The van der Waals surface area contributed by atoms with E-state index < -0.39 is 145 Å². The van der Waals surface area contributed by atoms with Gasteiger partial charge in [-0.1, -0.05) is 103 Å². The van der Waals surface area contributed by atoms with Crippen molar-refractivity contribution in [1.82, 2.24) is 5.32 Å². The van der Waals surface area contributed by atoms with Crippen LogP contribution in [0.2, 0.25) is 0 Å². The lowest BCUT2D eigenvalue weighted by Crippen LogP contribution is -2.59. The Morgan fingerprint density at radius 3 is 2.05 bits per heavy atom. The predicted octanol–water partition coefficient (Wildman–Crippen LogP) is 3.30. The molecular formula is C59H103N3O18. The number of guanidine groups is 1. The molecule has 21 nitrogen and oxygen atoms in total. The van der Waals surface area contributed by atoms with Crippen molar-refractivity contribution in [2.24, 2.45) is 58.1 Å². The van der Waals surface area contributed by atoms with Gasteiger partial charge in [-0.15, -0.1) is 0 Å². The Kier molecular flexibility index (Phi) is 33.1. The Labute approximate surface area is 474 Å². The molecule has 2 aliphatic heterocycles. The number of carboxylic acids is 1. The van der Waals surface area contributed by atoms with Gasteiger partial charge < -0.3 is 86.5 Å². The van der Waals surface area contributed by atoms with Gasteiger partial charge in [0.1, 0.15) is 24.7 Å². The van der Waals surface area contributed by atoms with Crippen LogP contribution in [0.25, 0.3) is 0 Å². The number of hydrogen-bond donors (Lipinski definition) is 14. The summed E-state index contributed by atoms with van der Waals surface area (Å²) in [6.45, 7) is 14.8. The number of fused-ring (bicyclic) bond motifs is 2. The Morgan fingerprint density at radius 2 is 1.40 bits per heavy atom. The third-order valence-electron chi connectivity index (χ3n) is 16.2. The van der Waals surface area contributed by atoms with Gasteiger partial charge in [-0.2, -0.15) is 0 Å². The minimum atomic E-state index is -2.50. The molecule has 2 rings (SSSR count). The Hall–Kier alpha value is -3.84. The fourth-order valence-electron chi connectivity index (χ4n) is 10.3. The van der Waals surface area contributed by atoms with Crippen LogP contribution in [0.3, 0.4) is 0 Å². The van der Waals surface area contributed by atoms with Gasteiger partial charge in [-0.25, -0.2) is 0 Å². The molecule has 2 bridgehead atoms. The fourth-order valence-corrected chi connectivity index (χ4v) is 10.3. The van der Waals surface area contributed by atoms with E-state index in [9.17, 15) is 75.7 Å². The van der Waals surface area contributed by atoms with Crippen LogP contribution in [0, 0.1) is 47.3 Å². The van der Waals surface area contributed by atoms with Crippen molar-refractivity contribution in [3.8, 4) is 0 Å². The molecule has 22 atom stereocenters. The molecular weight excluding hydrogens is 1040 g/mol. The van der Waals surface area contributed by atoms with Crippen LogP contribution in [0.15, 0.2) is 53.6 Å². The van der Waals surface area contributed by atoms with E-state index in [0.717, 1.165) is 45.1 Å². The first-order chi connectivity index (χ1) is 37.5. The number of carbonyl (C=O) groups is 3. The highest BCUT2D eigenvalue weighted by Gasteiger charge is 2.50. The quantitative estimate of drug-likeness (QED) is 0.0296. The monoisotopic (exact) mass is 1140 g/mol. The van der Waals surface area contributed by atoms with E-state index in [4.69, 9.17) is 19.9 Å². The van der Waals surface area contributed by atoms with Crippen LogP contribution in [0.1, 0.15) is 152 Å². The minimum absolute atomic E-state index is 0.0842. The lowest BCUT2D eigenvalue weighted by molar-refractivity contribution is -0.333. The van der Waals surface area contributed by atoms with Gasteiger partial charge in [0.05, 0.1) is 67.0 Å². The maximum atomic E-state index is 13.9. The molecule has 15 N–H and O–H groups in total. The van der Waals surface area contributed by atoms with E-state index in [2.05, 4.69) is 29.4 Å². The summed E-state index contributed by atoms with van der Waals surface area (Å²) < 4.78 is 17.5. The van der Waals surface area contributed by atoms with Gasteiger partial charge in [0, 0.05) is 69.4 Å². The van der Waals surface area contributed by atoms with Crippen molar-refractivity contribution in [2.45, 2.75) is 237 Å². The van der Waals surface area contributed by atoms with Crippen molar-refractivity contribution >= 4 is 23.9 Å². The topological polar surface area (TPSA) is 372 Å². The molecule has 0 spiro atoms. The normalized spacial score (nSPS) is 38.9. The largest absolute Gasteiger partial charge is 0.481 e. The van der Waals surface area contributed by atoms with Crippen LogP contribution in [0.5, 0.6) is 0 Å². The van der Waals surface area contributed by atoms with E-state index in [-0.39, 0.29) is 62.7 Å². The fraction of sp³-hybridized carbons (Fsp3) is 0.797. The number of carbonyl (C=O) groups excluding carboxylic acids is 2. The molecule has 0 aliphatic carbocycles. The zero-order valence-corrected chi connectivity index (χ0v) is 48.9. The number of hydrogen-bond acceptors (Lipinski definition) is 18. The number of allylic oxidation sites excluding steroid dienone is 4. The second-order valence-electron chi connectivity index (χ2n) is 23.4. The number of cyclic esters (lactones) is 1. The smallest absolute Gasteiger partial charge is 0.317 e. The third-order valence-corrected chi connectivity index (χ3v) is 16.2. The molecule has 2 aliphatic rings. The van der Waals surface area contributed by atoms with Crippen molar-refractivity contribution in [1.29, 1.82) is 0 Å². The minimum Gasteiger partial charge on any atom is -0.481 e. The summed E-state index contributed by atoms with van der Waals surface area (Å²) in [5.74, 6) is -9.42. The molecule has 2 heterocycles. The lowest BCUT2D eigenvalue weighted by Gasteiger charge is -2.45. The maximum Gasteiger partial charge on any atom is 0.317 e. The molecule has 0 aromatic carbocycles. The number of rotatable bonds is 14. The lowest BCUT2D eigenvalue weighted by atomic mass is 9.83. The summed E-state index contributed by atoms with van der Waals surface area (Å²) in [7, 11) is 1.63. The second-order valence-corrected chi connectivity index (χ2v) is 23.4. The van der Waals surface area contributed by atoms with Crippen molar-refractivity contribution in [3.05, 3.63) is 48.6 Å². The number of aliphatic imine (C=N–C) groups is 1. The number of nitrogens with zero attached hydrogens (tertiary/aromatic N) is 1. The van der Waals surface area contributed by atoms with Crippen LogP contribution >= 0.6 is 0 Å². The van der Waals surface area contributed by atoms with Gasteiger partial charge in [0.2, 0.25) is 0 Å². The predicted molar refractivity (Wildman–Crippen MR) is 302 cm³/mol. The SMILES string of the molecule is CN=C(N)NCCC/C=C/CCCC(C)CC(C)C1OC(=O)C(C)C(O)/C=C/C(C)C(O)CC(O)C(C)C(O)CCC(C)C(O)CC2(O)OC(CC(O)CC(OC(=O)CC(=O)O)CC(O)C(C)C(O)/C=C/C=C/C1C)CC(O)C2O. The molecule has 0 aromatic rings. The van der Waals surface area contributed by atoms with Crippen LogP contribution in [0.4, 0.5) is 0 Å². The molecule has 21 heteroatoms. The van der Waals surface area contributed by atoms with E-state index in [1.54, 1.807) is 59.9 Å². The summed E-state index contributed by atoms with van der Waals surface area (Å²) in [6.07, 6.45) is -0.0780. The average Bonchev–Trinajstić information content (AvgIpc) is 3.38. The number of ether oxygens (including phenoxy) is 3. The Morgan fingerprint density at radius 1 is 0.762 bits per heavy atom. The molecule has 0 saturated carbocycles. The third kappa shape index (κ3) is 26.2. The zero-order chi connectivity index (χ0) is 60.4. The second kappa shape index (κ2) is 36.7. The van der Waals surface area contributed by atoms with Gasteiger partial charge in [0.25, 0.3) is 0 Å². The highest BCUT2D eigenvalue weighted by atomic mass is 16.7. The molecule has 1 fully saturated rings. The first kappa shape index (κ1) is 72.3. The van der Waals surface area contributed by atoms with E-state index in [1.165, 1.54) is 12.2 Å². The van der Waals surface area contributed by atoms with Crippen molar-refractivity contribution in [2.75, 3.05) is 13.6 Å². The number of nitrogens with two attached hydrogens (primary N) is 1. The number of aliphatic carboxylic acids is 1. The summed E-state index contributed by atoms with van der Waals surface area (Å²) in [5, 5.41) is 135. The number of unbranched alkanes of at least 4 members (excludes halogenated alkanes) is 2. The molecule has 22 unspecified atom stereocenters. The molecule has 1 saturated heterocycles. The molecule has 0 radical (unpaired) electrons.